The highest BCUT2D eigenvalue weighted by Crippen LogP contribution is 2.30. The summed E-state index contributed by atoms with van der Waals surface area (Å²) in [5.41, 5.74) is 2.09. The van der Waals surface area contributed by atoms with Crippen LogP contribution in [0.3, 0.4) is 0 Å². The van der Waals surface area contributed by atoms with Crippen LogP contribution in [0.15, 0.2) is 45.4 Å². The minimum Gasteiger partial charge on any atom is -0.456 e. The summed E-state index contributed by atoms with van der Waals surface area (Å²) in [5.74, 6) is 1.18. The molecule has 0 radical (unpaired) electrons. The molecule has 0 saturated carbocycles. The van der Waals surface area contributed by atoms with E-state index in [1.54, 1.807) is 6.07 Å². The zero-order chi connectivity index (χ0) is 13.1. The summed E-state index contributed by atoms with van der Waals surface area (Å²) in [6.07, 6.45) is 2.35. The van der Waals surface area contributed by atoms with Crippen LogP contribution in [-0.4, -0.2) is 10.1 Å². The molecule has 18 heavy (non-hydrogen) atoms. The normalized spacial score (nSPS) is 11.0. The molecular weight excluding hydrogens is 298 g/mol. The van der Waals surface area contributed by atoms with Gasteiger partial charge in [-0.15, -0.1) is 0 Å². The second-order valence-electron chi connectivity index (χ2n) is 3.80. The van der Waals surface area contributed by atoms with Crippen LogP contribution in [0.1, 0.15) is 11.3 Å². The van der Waals surface area contributed by atoms with E-state index in [9.17, 15) is 4.91 Å². The van der Waals surface area contributed by atoms with Crippen molar-refractivity contribution in [3.8, 4) is 11.3 Å². The van der Waals surface area contributed by atoms with E-state index in [4.69, 9.17) is 9.62 Å². The summed E-state index contributed by atoms with van der Waals surface area (Å²) in [6, 6.07) is 9.48. The molecule has 92 valence electrons. The Bertz CT molecular complexity index is 616. The van der Waals surface area contributed by atoms with Crippen molar-refractivity contribution >= 4 is 22.0 Å². The lowest BCUT2D eigenvalue weighted by Gasteiger charge is -2.01. The maximum absolute atomic E-state index is 10.3. The first-order valence-corrected chi connectivity index (χ1v) is 6.05. The van der Waals surface area contributed by atoms with Crippen LogP contribution in [0.4, 0.5) is 0 Å². The Hall–Kier alpha value is -1.88. The molecule has 2 rings (SSSR count). The van der Waals surface area contributed by atoms with Crippen molar-refractivity contribution in [1.82, 2.24) is 0 Å². The Morgan fingerprint density at radius 2 is 2.11 bits per heavy atom. The standard InChI is InChI=1S/C13H11BrNO3/c1-9-2-4-11(12(14)8-9)13-5-3-10(18-13)6-7-15(16)17/h2-8H,1H3,(H,16,17)/q+1/b7-6+. The molecule has 0 amide bonds. The molecule has 4 nitrogen and oxygen atoms in total. The highest BCUT2D eigenvalue weighted by atomic mass is 79.9. The van der Waals surface area contributed by atoms with Crippen LogP contribution in [-0.2, 0) is 0 Å². The maximum atomic E-state index is 10.3. The number of rotatable bonds is 3. The molecule has 1 N–H and O–H groups in total. The number of aryl methyl sites for hydroxylation is 1. The third-order valence-corrected chi connectivity index (χ3v) is 3.04. The number of hydrogen-bond acceptors (Lipinski definition) is 2. The molecule has 0 spiro atoms. The van der Waals surface area contributed by atoms with Gasteiger partial charge in [0.25, 0.3) is 6.20 Å². The zero-order valence-corrected chi connectivity index (χ0v) is 11.2. The summed E-state index contributed by atoms with van der Waals surface area (Å²) >= 11 is 3.48. The summed E-state index contributed by atoms with van der Waals surface area (Å²) in [7, 11) is 0. The van der Waals surface area contributed by atoms with E-state index in [1.165, 1.54) is 6.08 Å². The van der Waals surface area contributed by atoms with Crippen molar-refractivity contribution in [3.63, 3.8) is 0 Å². The first-order chi connectivity index (χ1) is 8.56. The number of nitrogens with zero attached hydrogens (tertiary/aromatic N) is 1. The average Bonchev–Trinajstić information content (AvgIpc) is 2.75. The van der Waals surface area contributed by atoms with E-state index in [0.29, 0.717) is 11.5 Å². The van der Waals surface area contributed by atoms with Crippen molar-refractivity contribution in [2.24, 2.45) is 0 Å². The SMILES string of the molecule is Cc1ccc(-c2ccc(/C=C/[N+](=O)O)o2)c(Br)c1. The fraction of sp³-hybridized carbons (Fsp3) is 0.0769. The molecule has 0 atom stereocenters. The summed E-state index contributed by atoms with van der Waals surface area (Å²) in [4.78, 5) is 10.0. The van der Waals surface area contributed by atoms with E-state index >= 15 is 0 Å². The van der Waals surface area contributed by atoms with Gasteiger partial charge in [-0.2, -0.15) is 0 Å². The summed E-state index contributed by atoms with van der Waals surface area (Å²) in [5, 5.41) is 8.45. The largest absolute Gasteiger partial charge is 0.456 e. The van der Waals surface area contributed by atoms with Gasteiger partial charge in [-0.1, -0.05) is 22.0 Å². The number of halogens is 1. The fourth-order valence-corrected chi connectivity index (χ4v) is 2.23. The van der Waals surface area contributed by atoms with Crippen LogP contribution < -0.4 is 0 Å². The van der Waals surface area contributed by atoms with Gasteiger partial charge < -0.3 is 4.42 Å². The maximum Gasteiger partial charge on any atom is 0.285 e. The van der Waals surface area contributed by atoms with Gasteiger partial charge in [0.15, 0.2) is 0 Å². The lowest BCUT2D eigenvalue weighted by molar-refractivity contribution is -0.741. The first-order valence-electron chi connectivity index (χ1n) is 5.26. The van der Waals surface area contributed by atoms with Gasteiger partial charge in [0.1, 0.15) is 11.5 Å². The molecule has 0 aliphatic heterocycles. The molecule has 0 aliphatic carbocycles. The van der Waals surface area contributed by atoms with Crippen LogP contribution in [0.5, 0.6) is 0 Å². The first kappa shape index (κ1) is 12.6. The third-order valence-electron chi connectivity index (χ3n) is 2.38. The molecule has 1 aromatic heterocycles. The van der Waals surface area contributed by atoms with E-state index < -0.39 is 0 Å². The highest BCUT2D eigenvalue weighted by molar-refractivity contribution is 9.10. The van der Waals surface area contributed by atoms with E-state index in [1.807, 2.05) is 31.2 Å². The van der Waals surface area contributed by atoms with E-state index in [2.05, 4.69) is 15.9 Å². The molecule has 0 fully saturated rings. The van der Waals surface area contributed by atoms with Crippen LogP contribution in [0.2, 0.25) is 0 Å². The lowest BCUT2D eigenvalue weighted by Crippen LogP contribution is -1.86. The minimum absolute atomic E-state index is 0.274. The van der Waals surface area contributed by atoms with Crippen molar-refractivity contribution in [3.05, 3.63) is 57.2 Å². The average molecular weight is 309 g/mol. The van der Waals surface area contributed by atoms with Crippen molar-refractivity contribution in [1.29, 1.82) is 0 Å². The third kappa shape index (κ3) is 2.87. The second-order valence-corrected chi connectivity index (χ2v) is 4.66. The van der Waals surface area contributed by atoms with E-state index in [-0.39, 0.29) is 4.92 Å². The predicted molar refractivity (Wildman–Crippen MR) is 71.0 cm³/mol. The monoisotopic (exact) mass is 308 g/mol. The highest BCUT2D eigenvalue weighted by Gasteiger charge is 2.08. The van der Waals surface area contributed by atoms with Crippen LogP contribution >= 0.6 is 15.9 Å². The molecular formula is C13H11BrNO3+. The zero-order valence-electron chi connectivity index (χ0n) is 9.63. The quantitative estimate of drug-likeness (QED) is 0.866. The molecule has 1 heterocycles. The van der Waals surface area contributed by atoms with E-state index in [0.717, 1.165) is 21.8 Å². The minimum atomic E-state index is -0.274. The molecule has 1 aromatic carbocycles. The molecule has 0 saturated heterocycles. The van der Waals surface area contributed by atoms with Gasteiger partial charge in [0, 0.05) is 10.0 Å². The Kier molecular flexibility index (Phi) is 3.62. The molecule has 5 heteroatoms. The smallest absolute Gasteiger partial charge is 0.285 e. The Morgan fingerprint density at radius 3 is 2.78 bits per heavy atom. The number of hydrogen-bond donors (Lipinski definition) is 1. The van der Waals surface area contributed by atoms with Crippen molar-refractivity contribution < 1.29 is 14.5 Å². The summed E-state index contributed by atoms with van der Waals surface area (Å²) in [6.45, 7) is 2.01. The molecule has 0 unspecified atom stereocenters. The van der Waals surface area contributed by atoms with Crippen LogP contribution in [0.25, 0.3) is 17.4 Å². The molecule has 2 aromatic rings. The van der Waals surface area contributed by atoms with Crippen molar-refractivity contribution in [2.75, 3.05) is 0 Å². The molecule has 0 bridgehead atoms. The van der Waals surface area contributed by atoms with Gasteiger partial charge in [-0.25, -0.2) is 5.21 Å². The van der Waals surface area contributed by atoms with Gasteiger partial charge in [-0.3, -0.25) is 0 Å². The van der Waals surface area contributed by atoms with Gasteiger partial charge in [0.05, 0.1) is 11.0 Å². The fourth-order valence-electron chi connectivity index (χ4n) is 1.54. The Morgan fingerprint density at radius 1 is 1.33 bits per heavy atom. The Labute approximate surface area is 112 Å². The number of benzene rings is 1. The number of furan rings is 1. The van der Waals surface area contributed by atoms with Gasteiger partial charge in [-0.05, 0) is 36.8 Å². The Balaban J connectivity index is 2.32. The predicted octanol–water partition coefficient (Wildman–Crippen LogP) is 4.16. The van der Waals surface area contributed by atoms with Crippen molar-refractivity contribution in [2.45, 2.75) is 6.92 Å². The topological polar surface area (TPSA) is 53.5 Å². The second kappa shape index (κ2) is 5.18. The van der Waals surface area contributed by atoms with Gasteiger partial charge in [0.2, 0.25) is 4.92 Å². The van der Waals surface area contributed by atoms with Crippen LogP contribution in [0, 0.1) is 11.8 Å². The molecule has 0 aliphatic rings. The van der Waals surface area contributed by atoms with Gasteiger partial charge >= 0.3 is 0 Å². The summed E-state index contributed by atoms with van der Waals surface area (Å²) < 4.78 is 6.49. The lowest BCUT2D eigenvalue weighted by atomic mass is 10.1.